The van der Waals surface area contributed by atoms with Crippen molar-refractivity contribution in [3.63, 3.8) is 0 Å². The molecule has 3 aromatic rings. The van der Waals surface area contributed by atoms with Crippen molar-refractivity contribution in [2.45, 2.75) is 19.8 Å². The largest absolute Gasteiger partial charge is 0.341 e. The summed E-state index contributed by atoms with van der Waals surface area (Å²) in [6.45, 7) is 3.35. The standard InChI is InChI=1S/C16H15ClN6O2S/c1-9-19-14-10(4-7-26-14)15(25)23(9)21-13(24)12-11(17)8-18-16(20-12)22-5-2-3-6-22/h4,7-8H,2-3,5-6H2,1H3,(H,21,24). The molecule has 0 unspecified atom stereocenters. The first-order chi connectivity index (χ1) is 12.5. The Hall–Kier alpha value is -2.52. The molecule has 1 fully saturated rings. The highest BCUT2D eigenvalue weighted by Gasteiger charge is 2.21. The lowest BCUT2D eigenvalue weighted by atomic mass is 10.4. The number of anilines is 1. The molecule has 0 spiro atoms. The number of carbonyl (C=O) groups is 1. The van der Waals surface area contributed by atoms with E-state index in [0.29, 0.717) is 22.0 Å². The van der Waals surface area contributed by atoms with Crippen molar-refractivity contribution in [3.8, 4) is 0 Å². The van der Waals surface area contributed by atoms with Gasteiger partial charge in [-0.2, -0.15) is 0 Å². The summed E-state index contributed by atoms with van der Waals surface area (Å²) >= 11 is 7.49. The first-order valence-electron chi connectivity index (χ1n) is 8.10. The molecule has 4 heterocycles. The third kappa shape index (κ3) is 2.93. The molecule has 26 heavy (non-hydrogen) atoms. The molecule has 1 amide bonds. The van der Waals surface area contributed by atoms with E-state index in [1.165, 1.54) is 17.5 Å². The molecule has 1 N–H and O–H groups in total. The minimum Gasteiger partial charge on any atom is -0.341 e. The van der Waals surface area contributed by atoms with E-state index in [1.54, 1.807) is 18.4 Å². The van der Waals surface area contributed by atoms with Crippen LogP contribution < -0.4 is 15.9 Å². The van der Waals surface area contributed by atoms with Crippen LogP contribution in [0, 0.1) is 6.92 Å². The number of amides is 1. The van der Waals surface area contributed by atoms with Crippen molar-refractivity contribution in [1.29, 1.82) is 0 Å². The van der Waals surface area contributed by atoms with Gasteiger partial charge in [0.15, 0.2) is 5.69 Å². The van der Waals surface area contributed by atoms with Crippen LogP contribution in [-0.2, 0) is 0 Å². The molecule has 0 aromatic carbocycles. The quantitative estimate of drug-likeness (QED) is 0.736. The third-order valence-electron chi connectivity index (χ3n) is 4.21. The number of aromatic nitrogens is 4. The van der Waals surface area contributed by atoms with Crippen molar-refractivity contribution >= 4 is 45.0 Å². The van der Waals surface area contributed by atoms with Gasteiger partial charge >= 0.3 is 0 Å². The van der Waals surface area contributed by atoms with E-state index in [0.717, 1.165) is 30.6 Å². The Bertz CT molecular complexity index is 1060. The van der Waals surface area contributed by atoms with Gasteiger partial charge in [0.25, 0.3) is 11.5 Å². The molecule has 0 aliphatic carbocycles. The normalized spacial score (nSPS) is 14.2. The van der Waals surface area contributed by atoms with Crippen LogP contribution in [0.15, 0.2) is 22.4 Å². The van der Waals surface area contributed by atoms with E-state index < -0.39 is 5.91 Å². The summed E-state index contributed by atoms with van der Waals surface area (Å²) in [5.41, 5.74) is 2.24. The van der Waals surface area contributed by atoms with E-state index >= 15 is 0 Å². The summed E-state index contributed by atoms with van der Waals surface area (Å²) in [6, 6.07) is 1.68. The highest BCUT2D eigenvalue weighted by Crippen LogP contribution is 2.20. The SMILES string of the molecule is Cc1nc2sccc2c(=O)n1NC(=O)c1nc(N2CCCC2)ncc1Cl. The van der Waals surface area contributed by atoms with Gasteiger partial charge in [-0.25, -0.2) is 19.6 Å². The van der Waals surface area contributed by atoms with Crippen molar-refractivity contribution in [2.24, 2.45) is 0 Å². The number of rotatable bonds is 3. The maximum Gasteiger partial charge on any atom is 0.290 e. The number of carbonyl (C=O) groups excluding carboxylic acids is 1. The Morgan fingerprint density at radius 1 is 1.31 bits per heavy atom. The van der Waals surface area contributed by atoms with Crippen LogP contribution >= 0.6 is 22.9 Å². The molecule has 1 saturated heterocycles. The molecule has 1 aliphatic rings. The summed E-state index contributed by atoms with van der Waals surface area (Å²) in [4.78, 5) is 40.7. The maximum atomic E-state index is 12.7. The lowest BCUT2D eigenvalue weighted by Gasteiger charge is -2.16. The van der Waals surface area contributed by atoms with Crippen LogP contribution in [0.1, 0.15) is 29.2 Å². The van der Waals surface area contributed by atoms with Crippen LogP contribution in [0.4, 0.5) is 5.95 Å². The van der Waals surface area contributed by atoms with E-state index in [4.69, 9.17) is 11.6 Å². The first-order valence-corrected chi connectivity index (χ1v) is 9.36. The van der Waals surface area contributed by atoms with Crippen molar-refractivity contribution in [3.05, 3.63) is 44.5 Å². The minimum atomic E-state index is -0.584. The molecule has 134 valence electrons. The molecule has 1 aliphatic heterocycles. The highest BCUT2D eigenvalue weighted by atomic mass is 35.5. The molecule has 4 rings (SSSR count). The number of halogens is 1. The first kappa shape index (κ1) is 16.9. The Kier molecular flexibility index (Phi) is 4.33. The van der Waals surface area contributed by atoms with Gasteiger partial charge in [-0.15, -0.1) is 11.3 Å². The van der Waals surface area contributed by atoms with E-state index in [2.05, 4.69) is 20.4 Å². The van der Waals surface area contributed by atoms with Gasteiger partial charge in [0.05, 0.1) is 16.6 Å². The fourth-order valence-electron chi connectivity index (χ4n) is 2.89. The van der Waals surface area contributed by atoms with Gasteiger partial charge in [-0.05, 0) is 31.2 Å². The maximum absolute atomic E-state index is 12.7. The van der Waals surface area contributed by atoms with E-state index in [9.17, 15) is 9.59 Å². The smallest absolute Gasteiger partial charge is 0.290 e. The average Bonchev–Trinajstić information content (AvgIpc) is 3.30. The number of hydrogen-bond acceptors (Lipinski definition) is 7. The molecule has 0 atom stereocenters. The Balaban J connectivity index is 1.68. The summed E-state index contributed by atoms with van der Waals surface area (Å²) in [6.07, 6.45) is 3.54. The molecule has 10 heteroatoms. The number of aryl methyl sites for hydroxylation is 1. The van der Waals surface area contributed by atoms with Gasteiger partial charge in [0.1, 0.15) is 10.7 Å². The van der Waals surface area contributed by atoms with Crippen molar-refractivity contribution in [2.75, 3.05) is 23.4 Å². The number of fused-ring (bicyclic) bond motifs is 1. The fourth-order valence-corrected chi connectivity index (χ4v) is 3.86. The molecule has 3 aromatic heterocycles. The van der Waals surface area contributed by atoms with Gasteiger partial charge in [0, 0.05) is 13.1 Å². The summed E-state index contributed by atoms with van der Waals surface area (Å²) in [5, 5.41) is 2.36. The Labute approximate surface area is 157 Å². The Morgan fingerprint density at radius 3 is 2.85 bits per heavy atom. The lowest BCUT2D eigenvalue weighted by Crippen LogP contribution is -2.36. The summed E-state index contributed by atoms with van der Waals surface area (Å²) < 4.78 is 1.12. The molecule has 8 nitrogen and oxygen atoms in total. The predicted octanol–water partition coefficient (Wildman–Crippen LogP) is 2.19. The molecule has 0 bridgehead atoms. The zero-order chi connectivity index (χ0) is 18.3. The number of thiophene rings is 1. The topological polar surface area (TPSA) is 93.0 Å². The molecular formula is C16H15ClN6O2S. The third-order valence-corrected chi connectivity index (χ3v) is 5.30. The number of hydrogen-bond donors (Lipinski definition) is 1. The van der Waals surface area contributed by atoms with Crippen LogP contribution in [0.5, 0.6) is 0 Å². The second-order valence-corrected chi connectivity index (χ2v) is 7.24. The van der Waals surface area contributed by atoms with Gasteiger partial charge in [-0.3, -0.25) is 15.0 Å². The minimum absolute atomic E-state index is 0.0280. The second-order valence-electron chi connectivity index (χ2n) is 5.94. The number of nitrogens with one attached hydrogen (secondary N) is 1. The molecule has 0 saturated carbocycles. The zero-order valence-corrected chi connectivity index (χ0v) is 15.5. The van der Waals surface area contributed by atoms with Gasteiger partial charge in [-0.1, -0.05) is 11.6 Å². The van der Waals surface area contributed by atoms with Crippen LogP contribution in [0.25, 0.3) is 10.2 Å². The summed E-state index contributed by atoms with van der Waals surface area (Å²) in [7, 11) is 0. The van der Waals surface area contributed by atoms with Gasteiger partial charge in [0.2, 0.25) is 5.95 Å². The van der Waals surface area contributed by atoms with Crippen LogP contribution in [0.3, 0.4) is 0 Å². The van der Waals surface area contributed by atoms with Crippen LogP contribution in [-0.4, -0.2) is 38.6 Å². The fraction of sp³-hybridized carbons (Fsp3) is 0.312. The van der Waals surface area contributed by atoms with E-state index in [-0.39, 0.29) is 16.3 Å². The molecule has 0 radical (unpaired) electrons. The number of nitrogens with zero attached hydrogens (tertiary/aromatic N) is 5. The monoisotopic (exact) mass is 390 g/mol. The second kappa shape index (κ2) is 6.65. The predicted molar refractivity (Wildman–Crippen MR) is 101 cm³/mol. The highest BCUT2D eigenvalue weighted by molar-refractivity contribution is 7.16. The summed E-state index contributed by atoms with van der Waals surface area (Å²) in [5.74, 6) is 0.259. The van der Waals surface area contributed by atoms with Gasteiger partial charge < -0.3 is 4.90 Å². The van der Waals surface area contributed by atoms with Crippen molar-refractivity contribution < 1.29 is 4.79 Å². The zero-order valence-electron chi connectivity index (χ0n) is 13.9. The van der Waals surface area contributed by atoms with Crippen molar-refractivity contribution in [1.82, 2.24) is 19.6 Å². The Morgan fingerprint density at radius 2 is 2.08 bits per heavy atom. The van der Waals surface area contributed by atoms with Crippen LogP contribution in [0.2, 0.25) is 5.02 Å². The van der Waals surface area contributed by atoms with E-state index in [1.807, 2.05) is 4.90 Å². The lowest BCUT2D eigenvalue weighted by molar-refractivity contribution is 0.100. The molecular weight excluding hydrogens is 376 g/mol. The average molecular weight is 391 g/mol.